The summed E-state index contributed by atoms with van der Waals surface area (Å²) in [6.07, 6.45) is 0.340. The summed E-state index contributed by atoms with van der Waals surface area (Å²) in [6.45, 7) is 1.79. The number of cyclic esters (lactones) is 1. The van der Waals surface area contributed by atoms with E-state index in [4.69, 9.17) is 21.1 Å². The smallest absolute Gasteiger partial charge is 0.342 e. The summed E-state index contributed by atoms with van der Waals surface area (Å²) < 4.78 is 10.1. The predicted octanol–water partition coefficient (Wildman–Crippen LogP) is 2.16. The number of methoxy groups -OCH3 is 1. The number of aromatic hydroxyl groups is 1. The number of rotatable bonds is 1. The van der Waals surface area contributed by atoms with Gasteiger partial charge in [-0.05, 0) is 18.6 Å². The molecule has 5 heteroatoms. The Morgan fingerprint density at radius 2 is 2.31 bits per heavy atom. The van der Waals surface area contributed by atoms with Gasteiger partial charge in [0.25, 0.3) is 0 Å². The Hall–Kier alpha value is -1.42. The molecule has 16 heavy (non-hydrogen) atoms. The van der Waals surface area contributed by atoms with Crippen molar-refractivity contribution in [3.05, 3.63) is 22.2 Å². The first-order chi connectivity index (χ1) is 7.54. The molecule has 1 aliphatic rings. The number of hydrogen-bond donors (Lipinski definition) is 1. The highest BCUT2D eigenvalue weighted by molar-refractivity contribution is 6.34. The van der Waals surface area contributed by atoms with Crippen LogP contribution in [0.3, 0.4) is 0 Å². The van der Waals surface area contributed by atoms with Crippen LogP contribution in [0.1, 0.15) is 22.8 Å². The zero-order valence-electron chi connectivity index (χ0n) is 8.91. The average Bonchev–Trinajstić information content (AvgIpc) is 2.20. The maximum atomic E-state index is 11.7. The Bertz CT molecular complexity index is 456. The van der Waals surface area contributed by atoms with E-state index >= 15 is 0 Å². The quantitative estimate of drug-likeness (QED) is 0.767. The van der Waals surface area contributed by atoms with Crippen LogP contribution in [0.15, 0.2) is 6.07 Å². The Morgan fingerprint density at radius 1 is 1.62 bits per heavy atom. The van der Waals surface area contributed by atoms with Gasteiger partial charge in [0, 0.05) is 6.42 Å². The maximum Gasteiger partial charge on any atom is 0.342 e. The minimum absolute atomic E-state index is 0.0350. The highest BCUT2D eigenvalue weighted by atomic mass is 35.5. The van der Waals surface area contributed by atoms with E-state index in [-0.39, 0.29) is 22.6 Å². The molecule has 1 atom stereocenters. The molecule has 1 heterocycles. The van der Waals surface area contributed by atoms with E-state index in [0.717, 1.165) is 0 Å². The summed E-state index contributed by atoms with van der Waals surface area (Å²) in [4.78, 5) is 11.7. The molecule has 1 N–H and O–H groups in total. The van der Waals surface area contributed by atoms with Gasteiger partial charge >= 0.3 is 5.97 Å². The number of fused-ring (bicyclic) bond motifs is 1. The van der Waals surface area contributed by atoms with Gasteiger partial charge in [-0.25, -0.2) is 4.79 Å². The molecule has 1 aromatic carbocycles. The lowest BCUT2D eigenvalue weighted by molar-refractivity contribution is 0.0296. The molecule has 0 aliphatic carbocycles. The fourth-order valence-corrected chi connectivity index (χ4v) is 2.07. The first-order valence-corrected chi connectivity index (χ1v) is 5.21. The summed E-state index contributed by atoms with van der Waals surface area (Å²) in [5.74, 6) is -0.375. The van der Waals surface area contributed by atoms with Gasteiger partial charge in [-0.1, -0.05) is 11.6 Å². The molecule has 1 aromatic rings. The van der Waals surface area contributed by atoms with Crippen LogP contribution >= 0.6 is 11.6 Å². The molecule has 0 spiro atoms. The van der Waals surface area contributed by atoms with Gasteiger partial charge in [-0.3, -0.25) is 0 Å². The van der Waals surface area contributed by atoms with E-state index in [2.05, 4.69) is 0 Å². The third-order valence-electron chi connectivity index (χ3n) is 2.51. The molecular formula is C11H11ClO4. The van der Waals surface area contributed by atoms with Crippen LogP contribution in [0.5, 0.6) is 11.5 Å². The Kier molecular flexibility index (Phi) is 2.68. The molecular weight excluding hydrogens is 232 g/mol. The second-order valence-electron chi connectivity index (χ2n) is 3.70. The van der Waals surface area contributed by atoms with Gasteiger partial charge in [-0.15, -0.1) is 0 Å². The third kappa shape index (κ3) is 1.59. The van der Waals surface area contributed by atoms with Gasteiger partial charge in [0.1, 0.15) is 22.4 Å². The molecule has 0 amide bonds. The number of esters is 1. The highest BCUT2D eigenvalue weighted by Gasteiger charge is 2.30. The predicted molar refractivity (Wildman–Crippen MR) is 58.3 cm³/mol. The molecule has 86 valence electrons. The molecule has 1 aliphatic heterocycles. The van der Waals surface area contributed by atoms with E-state index in [0.29, 0.717) is 17.5 Å². The van der Waals surface area contributed by atoms with Crippen LogP contribution in [-0.2, 0) is 11.2 Å². The summed E-state index contributed by atoms with van der Waals surface area (Å²) in [7, 11) is 1.40. The third-order valence-corrected chi connectivity index (χ3v) is 2.87. The van der Waals surface area contributed by atoms with Crippen LogP contribution in [0, 0.1) is 0 Å². The van der Waals surface area contributed by atoms with E-state index in [1.54, 1.807) is 6.92 Å². The van der Waals surface area contributed by atoms with Crippen molar-refractivity contribution in [3.63, 3.8) is 0 Å². The highest BCUT2D eigenvalue weighted by Crippen LogP contribution is 2.41. The fraction of sp³-hybridized carbons (Fsp3) is 0.364. The second-order valence-corrected chi connectivity index (χ2v) is 4.08. The molecule has 2 rings (SSSR count). The van der Waals surface area contributed by atoms with Gasteiger partial charge < -0.3 is 14.6 Å². The molecule has 0 fully saturated rings. The first-order valence-electron chi connectivity index (χ1n) is 4.84. The van der Waals surface area contributed by atoms with Crippen molar-refractivity contribution in [2.24, 2.45) is 0 Å². The molecule has 0 radical (unpaired) electrons. The number of carbonyl (C=O) groups excluding carboxylic acids is 1. The van der Waals surface area contributed by atoms with Crippen molar-refractivity contribution in [2.75, 3.05) is 7.11 Å². The number of ether oxygens (including phenoxy) is 2. The molecule has 0 saturated carbocycles. The van der Waals surface area contributed by atoms with Gasteiger partial charge in [0.2, 0.25) is 0 Å². The molecule has 4 nitrogen and oxygen atoms in total. The number of hydrogen-bond acceptors (Lipinski definition) is 4. The Labute approximate surface area is 97.7 Å². The van der Waals surface area contributed by atoms with Crippen molar-refractivity contribution in [2.45, 2.75) is 19.4 Å². The summed E-state index contributed by atoms with van der Waals surface area (Å²) in [6, 6.07) is 1.48. The standard InChI is InChI=1S/C11H11ClO4/c1-5-3-6-4-7(13)9(12)10(15-2)8(6)11(14)16-5/h4-5,13H,3H2,1-2H3. The van der Waals surface area contributed by atoms with Crippen molar-refractivity contribution in [1.29, 1.82) is 0 Å². The molecule has 0 saturated heterocycles. The SMILES string of the molecule is COc1c(Cl)c(O)cc2c1C(=O)OC(C)C2. The van der Waals surface area contributed by atoms with Crippen molar-refractivity contribution in [3.8, 4) is 11.5 Å². The topological polar surface area (TPSA) is 55.8 Å². The maximum absolute atomic E-state index is 11.7. The molecule has 0 bridgehead atoms. The van der Waals surface area contributed by atoms with Crippen LogP contribution in [0.25, 0.3) is 0 Å². The normalized spacial score (nSPS) is 18.9. The van der Waals surface area contributed by atoms with E-state index in [9.17, 15) is 9.90 Å². The fourth-order valence-electron chi connectivity index (χ4n) is 1.84. The summed E-state index contributed by atoms with van der Waals surface area (Å²) in [5.41, 5.74) is 1.01. The number of benzene rings is 1. The molecule has 1 unspecified atom stereocenters. The zero-order valence-corrected chi connectivity index (χ0v) is 9.67. The summed E-state index contributed by atoms with van der Waals surface area (Å²) in [5, 5.41) is 9.63. The van der Waals surface area contributed by atoms with E-state index in [1.165, 1.54) is 13.2 Å². The van der Waals surface area contributed by atoms with Gasteiger partial charge in [0.15, 0.2) is 5.75 Å². The van der Waals surface area contributed by atoms with Crippen LogP contribution in [-0.4, -0.2) is 24.3 Å². The number of phenols is 1. The minimum Gasteiger partial charge on any atom is -0.506 e. The Morgan fingerprint density at radius 3 is 2.94 bits per heavy atom. The van der Waals surface area contributed by atoms with E-state index < -0.39 is 5.97 Å². The zero-order chi connectivity index (χ0) is 11.9. The van der Waals surface area contributed by atoms with Crippen LogP contribution in [0.2, 0.25) is 5.02 Å². The largest absolute Gasteiger partial charge is 0.506 e. The average molecular weight is 243 g/mol. The van der Waals surface area contributed by atoms with Crippen LogP contribution < -0.4 is 4.74 Å². The monoisotopic (exact) mass is 242 g/mol. The lowest BCUT2D eigenvalue weighted by Crippen LogP contribution is -2.25. The second kappa shape index (κ2) is 3.87. The van der Waals surface area contributed by atoms with Crippen molar-refractivity contribution < 1.29 is 19.4 Å². The lowest BCUT2D eigenvalue weighted by atomic mass is 9.98. The lowest BCUT2D eigenvalue weighted by Gasteiger charge is -2.24. The van der Waals surface area contributed by atoms with Crippen LogP contribution in [0.4, 0.5) is 0 Å². The van der Waals surface area contributed by atoms with Crippen molar-refractivity contribution in [1.82, 2.24) is 0 Å². The Balaban J connectivity index is 2.67. The van der Waals surface area contributed by atoms with Gasteiger partial charge in [0.05, 0.1) is 7.11 Å². The van der Waals surface area contributed by atoms with Gasteiger partial charge in [-0.2, -0.15) is 0 Å². The summed E-state index contributed by atoms with van der Waals surface area (Å²) >= 11 is 5.85. The number of carbonyl (C=O) groups is 1. The number of halogens is 1. The minimum atomic E-state index is -0.465. The molecule has 0 aromatic heterocycles. The van der Waals surface area contributed by atoms with Crippen molar-refractivity contribution >= 4 is 17.6 Å². The number of phenolic OH excluding ortho intramolecular Hbond substituents is 1. The first kappa shape index (κ1) is 11.1. The van der Waals surface area contributed by atoms with E-state index in [1.807, 2.05) is 0 Å².